The Hall–Kier alpha value is -1.37. The number of hydrogen-bond donors (Lipinski definition) is 1. The molecule has 1 heterocycles. The Balaban J connectivity index is 2.62. The van der Waals surface area contributed by atoms with E-state index in [0.29, 0.717) is 31.1 Å². The second kappa shape index (κ2) is 8.73. The monoisotopic (exact) mass is 285 g/mol. The molecule has 1 N–H and O–H groups in total. The quantitative estimate of drug-likeness (QED) is 0.661. The molecule has 6 heteroatoms. The zero-order valence-corrected chi connectivity index (χ0v) is 12.3. The molecule has 6 nitrogen and oxygen atoms in total. The number of carbonyl (C=O) groups is 1. The van der Waals surface area contributed by atoms with E-state index in [4.69, 9.17) is 19.0 Å². The summed E-state index contributed by atoms with van der Waals surface area (Å²) in [6.45, 7) is 5.24. The highest BCUT2D eigenvalue weighted by Gasteiger charge is 2.16. The van der Waals surface area contributed by atoms with E-state index >= 15 is 0 Å². The molecule has 0 radical (unpaired) electrons. The Labute approximate surface area is 119 Å². The normalized spacial score (nSPS) is 11.2. The second-order valence-electron chi connectivity index (χ2n) is 4.65. The summed E-state index contributed by atoms with van der Waals surface area (Å²) in [5.41, 5.74) is 0.649. The number of hydrogen-bond acceptors (Lipinski definition) is 5. The van der Waals surface area contributed by atoms with Crippen molar-refractivity contribution in [3.8, 4) is 0 Å². The first-order valence-corrected chi connectivity index (χ1v) is 6.61. The van der Waals surface area contributed by atoms with Gasteiger partial charge in [-0.3, -0.25) is 4.90 Å². The molecule has 0 atom stereocenters. The average Bonchev–Trinajstić information content (AvgIpc) is 2.77. The van der Waals surface area contributed by atoms with E-state index in [-0.39, 0.29) is 5.76 Å². The van der Waals surface area contributed by atoms with Gasteiger partial charge in [0.1, 0.15) is 5.76 Å². The van der Waals surface area contributed by atoms with Crippen LogP contribution in [0.1, 0.15) is 28.3 Å². The number of furan rings is 1. The summed E-state index contributed by atoms with van der Waals surface area (Å²) in [5, 5.41) is 8.98. The third kappa shape index (κ3) is 5.32. The predicted molar refractivity (Wildman–Crippen MR) is 74.1 cm³/mol. The molecule has 20 heavy (non-hydrogen) atoms. The molecule has 0 saturated carbocycles. The van der Waals surface area contributed by atoms with E-state index in [1.54, 1.807) is 27.2 Å². The van der Waals surface area contributed by atoms with E-state index in [2.05, 4.69) is 4.90 Å². The Bertz CT molecular complexity index is 416. The van der Waals surface area contributed by atoms with Gasteiger partial charge in [-0.05, 0) is 19.4 Å². The first-order chi connectivity index (χ1) is 9.58. The topological polar surface area (TPSA) is 72.1 Å². The highest BCUT2D eigenvalue weighted by molar-refractivity contribution is 5.86. The lowest BCUT2D eigenvalue weighted by Gasteiger charge is -2.20. The summed E-state index contributed by atoms with van der Waals surface area (Å²) in [5.74, 6) is -0.353. The van der Waals surface area contributed by atoms with Crippen molar-refractivity contribution in [3.05, 3.63) is 23.2 Å². The van der Waals surface area contributed by atoms with Crippen LogP contribution in [0.3, 0.4) is 0 Å². The third-order valence-corrected chi connectivity index (χ3v) is 2.98. The maximum absolute atomic E-state index is 11.0. The SMILES string of the molecule is COCCCN(CCOC)Cc1cc(C)c(C(=O)O)o1. The van der Waals surface area contributed by atoms with Crippen LogP contribution in [-0.2, 0) is 16.0 Å². The lowest BCUT2D eigenvalue weighted by atomic mass is 10.2. The lowest BCUT2D eigenvalue weighted by Crippen LogP contribution is -2.28. The number of ether oxygens (including phenoxy) is 2. The summed E-state index contributed by atoms with van der Waals surface area (Å²) in [6, 6.07) is 1.78. The van der Waals surface area contributed by atoms with Crippen LogP contribution in [0.25, 0.3) is 0 Å². The molecule has 114 valence electrons. The number of carboxylic acids is 1. The second-order valence-corrected chi connectivity index (χ2v) is 4.65. The van der Waals surface area contributed by atoms with Crippen molar-refractivity contribution in [3.63, 3.8) is 0 Å². The summed E-state index contributed by atoms with van der Waals surface area (Å²) >= 11 is 0. The van der Waals surface area contributed by atoms with E-state index in [9.17, 15) is 4.79 Å². The van der Waals surface area contributed by atoms with Crippen LogP contribution in [0.4, 0.5) is 0 Å². The van der Waals surface area contributed by atoms with E-state index in [1.807, 2.05) is 0 Å². The number of rotatable bonds is 10. The molecule has 0 saturated heterocycles. The smallest absolute Gasteiger partial charge is 0.372 e. The first-order valence-electron chi connectivity index (χ1n) is 6.61. The van der Waals surface area contributed by atoms with Gasteiger partial charge in [0.05, 0.1) is 13.2 Å². The molecular weight excluding hydrogens is 262 g/mol. The minimum Gasteiger partial charge on any atom is -0.475 e. The molecule has 0 aromatic carbocycles. The zero-order chi connectivity index (χ0) is 15.0. The van der Waals surface area contributed by atoms with Gasteiger partial charge in [-0.1, -0.05) is 0 Å². The largest absolute Gasteiger partial charge is 0.475 e. The highest BCUT2D eigenvalue weighted by Crippen LogP contribution is 2.16. The number of aryl methyl sites for hydroxylation is 1. The standard InChI is InChI=1S/C14H23NO5/c1-11-9-12(20-13(11)14(16)17)10-15(6-8-19-3)5-4-7-18-2/h9H,4-8,10H2,1-3H3,(H,16,17). The van der Waals surface area contributed by atoms with Gasteiger partial charge in [0.2, 0.25) is 5.76 Å². The fourth-order valence-electron chi connectivity index (χ4n) is 1.98. The summed E-state index contributed by atoms with van der Waals surface area (Å²) < 4.78 is 15.5. The van der Waals surface area contributed by atoms with Crippen LogP contribution in [-0.4, -0.2) is 56.5 Å². The van der Waals surface area contributed by atoms with E-state index < -0.39 is 5.97 Å². The average molecular weight is 285 g/mol. The molecule has 0 unspecified atom stereocenters. The van der Waals surface area contributed by atoms with Gasteiger partial charge >= 0.3 is 5.97 Å². The summed E-state index contributed by atoms with van der Waals surface area (Å²) in [4.78, 5) is 13.1. The number of nitrogens with zero attached hydrogens (tertiary/aromatic N) is 1. The Morgan fingerprint density at radius 3 is 2.55 bits per heavy atom. The van der Waals surface area contributed by atoms with Crippen LogP contribution < -0.4 is 0 Å². The predicted octanol–water partition coefficient (Wildman–Crippen LogP) is 1.77. The van der Waals surface area contributed by atoms with Crippen LogP contribution in [0.5, 0.6) is 0 Å². The van der Waals surface area contributed by atoms with Gasteiger partial charge in [-0.25, -0.2) is 4.79 Å². The minimum absolute atomic E-state index is 0.0172. The van der Waals surface area contributed by atoms with Crippen LogP contribution >= 0.6 is 0 Å². The fourth-order valence-corrected chi connectivity index (χ4v) is 1.98. The van der Waals surface area contributed by atoms with Gasteiger partial charge in [-0.15, -0.1) is 0 Å². The van der Waals surface area contributed by atoms with Crippen molar-refractivity contribution >= 4 is 5.97 Å². The van der Waals surface area contributed by atoms with Crippen molar-refractivity contribution < 1.29 is 23.8 Å². The molecule has 0 aliphatic rings. The zero-order valence-electron chi connectivity index (χ0n) is 12.3. The van der Waals surface area contributed by atoms with Gasteiger partial charge < -0.3 is 19.0 Å². The molecule has 1 aromatic rings. The molecular formula is C14H23NO5. The maximum atomic E-state index is 11.0. The van der Waals surface area contributed by atoms with Crippen LogP contribution in [0.15, 0.2) is 10.5 Å². The maximum Gasteiger partial charge on any atom is 0.372 e. The number of carboxylic acid groups (broad SMARTS) is 1. The van der Waals surface area contributed by atoms with Gasteiger partial charge in [-0.2, -0.15) is 0 Å². The number of aromatic carboxylic acids is 1. The molecule has 0 amide bonds. The first kappa shape index (κ1) is 16.7. The summed E-state index contributed by atoms with van der Waals surface area (Å²) in [7, 11) is 3.33. The van der Waals surface area contributed by atoms with Crippen molar-refractivity contribution in [2.24, 2.45) is 0 Å². The van der Waals surface area contributed by atoms with E-state index in [1.165, 1.54) is 0 Å². The molecule has 0 spiro atoms. The lowest BCUT2D eigenvalue weighted by molar-refractivity contribution is 0.0655. The van der Waals surface area contributed by atoms with Gasteiger partial charge in [0, 0.05) is 39.5 Å². The minimum atomic E-state index is -1.03. The fraction of sp³-hybridized carbons (Fsp3) is 0.643. The molecule has 0 aliphatic heterocycles. The third-order valence-electron chi connectivity index (χ3n) is 2.98. The Morgan fingerprint density at radius 1 is 1.30 bits per heavy atom. The number of methoxy groups -OCH3 is 2. The van der Waals surface area contributed by atoms with Crippen molar-refractivity contribution in [2.45, 2.75) is 19.9 Å². The van der Waals surface area contributed by atoms with Gasteiger partial charge in [0.25, 0.3) is 0 Å². The molecule has 1 aromatic heterocycles. The molecule has 1 rings (SSSR count). The Kier molecular flexibility index (Phi) is 7.28. The Morgan fingerprint density at radius 2 is 2.00 bits per heavy atom. The summed E-state index contributed by atoms with van der Waals surface area (Å²) in [6.07, 6.45) is 0.908. The molecule has 0 fully saturated rings. The van der Waals surface area contributed by atoms with Crippen molar-refractivity contribution in [2.75, 3.05) is 40.5 Å². The van der Waals surface area contributed by atoms with Crippen molar-refractivity contribution in [1.29, 1.82) is 0 Å². The molecule has 0 aliphatic carbocycles. The highest BCUT2D eigenvalue weighted by atomic mass is 16.5. The van der Waals surface area contributed by atoms with E-state index in [0.717, 1.165) is 19.5 Å². The van der Waals surface area contributed by atoms with Crippen LogP contribution in [0, 0.1) is 6.92 Å². The van der Waals surface area contributed by atoms with Crippen molar-refractivity contribution in [1.82, 2.24) is 4.90 Å². The van der Waals surface area contributed by atoms with Gasteiger partial charge in [0.15, 0.2) is 0 Å². The van der Waals surface area contributed by atoms with Crippen LogP contribution in [0.2, 0.25) is 0 Å². The molecule has 0 bridgehead atoms.